The zero-order valence-electron chi connectivity index (χ0n) is 14.1. The number of rotatable bonds is 6. The number of urea groups is 1. The van der Waals surface area contributed by atoms with Crippen molar-refractivity contribution < 1.29 is 9.59 Å². The smallest absolute Gasteiger partial charge is 0.319 e. The van der Waals surface area contributed by atoms with E-state index in [0.717, 1.165) is 38.8 Å². The highest BCUT2D eigenvalue weighted by Crippen LogP contribution is 2.24. The van der Waals surface area contributed by atoms with Crippen LogP contribution in [0.15, 0.2) is 24.3 Å². The molecule has 5 heteroatoms. The molecular formula is C18H27N3O2. The van der Waals surface area contributed by atoms with Crippen molar-refractivity contribution in [3.8, 4) is 0 Å². The number of amides is 2. The summed E-state index contributed by atoms with van der Waals surface area (Å²) in [4.78, 5) is 28.2. The third-order valence-corrected chi connectivity index (χ3v) is 4.53. The SMILES string of the molecule is CCCCN(C(N)=O)c1cccc(C(=O)C2CCN(C)CC2)c1. The van der Waals surface area contributed by atoms with Gasteiger partial charge in [0.25, 0.3) is 0 Å². The minimum atomic E-state index is -0.470. The van der Waals surface area contributed by atoms with Crippen molar-refractivity contribution >= 4 is 17.5 Å². The monoisotopic (exact) mass is 317 g/mol. The summed E-state index contributed by atoms with van der Waals surface area (Å²) in [7, 11) is 2.08. The number of carbonyl (C=O) groups is 2. The van der Waals surface area contributed by atoms with Gasteiger partial charge in [-0.15, -0.1) is 0 Å². The number of nitrogens with two attached hydrogens (primary N) is 1. The average molecular weight is 317 g/mol. The van der Waals surface area contributed by atoms with Crippen molar-refractivity contribution in [3.63, 3.8) is 0 Å². The van der Waals surface area contributed by atoms with Gasteiger partial charge >= 0.3 is 6.03 Å². The third kappa shape index (κ3) is 4.55. The summed E-state index contributed by atoms with van der Waals surface area (Å²) in [5.41, 5.74) is 6.88. The molecule has 5 nitrogen and oxygen atoms in total. The maximum atomic E-state index is 12.7. The van der Waals surface area contributed by atoms with Crippen molar-refractivity contribution in [1.82, 2.24) is 4.90 Å². The highest BCUT2D eigenvalue weighted by molar-refractivity contribution is 6.00. The Bertz CT molecular complexity index is 551. The van der Waals surface area contributed by atoms with E-state index in [2.05, 4.69) is 18.9 Å². The first-order valence-electron chi connectivity index (χ1n) is 8.42. The van der Waals surface area contributed by atoms with Crippen LogP contribution in [0.2, 0.25) is 0 Å². The lowest BCUT2D eigenvalue weighted by Gasteiger charge is -2.28. The predicted octanol–water partition coefficient (Wildman–Crippen LogP) is 2.90. The number of primary amides is 1. The third-order valence-electron chi connectivity index (χ3n) is 4.53. The lowest BCUT2D eigenvalue weighted by atomic mass is 9.89. The van der Waals surface area contributed by atoms with Crippen LogP contribution in [0, 0.1) is 5.92 Å². The molecule has 2 amide bonds. The van der Waals surface area contributed by atoms with Gasteiger partial charge in [0.15, 0.2) is 5.78 Å². The fourth-order valence-corrected chi connectivity index (χ4v) is 3.02. The Hall–Kier alpha value is -1.88. The fourth-order valence-electron chi connectivity index (χ4n) is 3.02. The van der Waals surface area contributed by atoms with Crippen molar-refractivity contribution in [1.29, 1.82) is 0 Å². The molecule has 0 radical (unpaired) electrons. The molecule has 0 spiro atoms. The molecule has 1 fully saturated rings. The number of hydrogen-bond acceptors (Lipinski definition) is 3. The summed E-state index contributed by atoms with van der Waals surface area (Å²) in [5, 5.41) is 0. The molecule has 1 aliphatic rings. The van der Waals surface area contributed by atoms with E-state index in [9.17, 15) is 9.59 Å². The molecule has 1 aromatic carbocycles. The lowest BCUT2D eigenvalue weighted by Crippen LogP contribution is -2.36. The number of nitrogens with zero attached hydrogens (tertiary/aromatic N) is 2. The largest absolute Gasteiger partial charge is 0.351 e. The van der Waals surface area contributed by atoms with E-state index in [1.807, 2.05) is 18.2 Å². The first-order valence-corrected chi connectivity index (χ1v) is 8.42. The summed E-state index contributed by atoms with van der Waals surface area (Å²) in [6.07, 6.45) is 3.66. The quantitative estimate of drug-likeness (QED) is 0.820. The summed E-state index contributed by atoms with van der Waals surface area (Å²) >= 11 is 0. The number of hydrogen-bond donors (Lipinski definition) is 1. The summed E-state index contributed by atoms with van der Waals surface area (Å²) in [6, 6.07) is 6.84. The molecule has 0 aliphatic carbocycles. The van der Waals surface area contributed by atoms with E-state index in [1.165, 1.54) is 0 Å². The van der Waals surface area contributed by atoms with Gasteiger partial charge in [-0.2, -0.15) is 0 Å². The van der Waals surface area contributed by atoms with Gasteiger partial charge in [-0.1, -0.05) is 25.5 Å². The van der Waals surface area contributed by atoms with Gasteiger partial charge in [0.1, 0.15) is 0 Å². The van der Waals surface area contributed by atoms with E-state index in [4.69, 9.17) is 5.73 Å². The van der Waals surface area contributed by atoms with E-state index in [0.29, 0.717) is 17.8 Å². The van der Waals surface area contributed by atoms with Crippen LogP contribution in [-0.4, -0.2) is 43.4 Å². The molecule has 0 saturated carbocycles. The molecular weight excluding hydrogens is 290 g/mol. The van der Waals surface area contributed by atoms with Gasteiger partial charge in [0.05, 0.1) is 0 Å². The van der Waals surface area contributed by atoms with Crippen LogP contribution in [0.4, 0.5) is 10.5 Å². The maximum absolute atomic E-state index is 12.7. The van der Waals surface area contributed by atoms with Crippen molar-refractivity contribution in [3.05, 3.63) is 29.8 Å². The molecule has 1 aliphatic heterocycles. The molecule has 23 heavy (non-hydrogen) atoms. The second kappa shape index (κ2) is 8.11. The number of unbranched alkanes of at least 4 members (excludes halogenated alkanes) is 1. The number of benzene rings is 1. The number of ketones is 1. The van der Waals surface area contributed by atoms with Crippen molar-refractivity contribution in [2.45, 2.75) is 32.6 Å². The number of piperidine rings is 1. The average Bonchev–Trinajstić information content (AvgIpc) is 2.55. The summed E-state index contributed by atoms with van der Waals surface area (Å²) in [6.45, 7) is 4.57. The number of anilines is 1. The first-order chi connectivity index (χ1) is 11.0. The Morgan fingerprint density at radius 2 is 2.00 bits per heavy atom. The minimum Gasteiger partial charge on any atom is -0.351 e. The Kier molecular flexibility index (Phi) is 6.16. The van der Waals surface area contributed by atoms with Gasteiger partial charge in [0.2, 0.25) is 0 Å². The van der Waals surface area contributed by atoms with Gasteiger partial charge in [-0.3, -0.25) is 9.69 Å². The molecule has 1 heterocycles. The molecule has 0 unspecified atom stereocenters. The Morgan fingerprint density at radius 3 is 2.61 bits per heavy atom. The standard InChI is InChI=1S/C18H27N3O2/c1-3-4-10-21(18(19)23)16-7-5-6-15(13-16)17(22)14-8-11-20(2)12-9-14/h5-7,13-14H,3-4,8-12H2,1-2H3,(H2,19,23). The molecule has 1 aromatic rings. The molecule has 126 valence electrons. The van der Waals surface area contributed by atoms with Crippen molar-refractivity contribution in [2.24, 2.45) is 11.7 Å². The Morgan fingerprint density at radius 1 is 1.30 bits per heavy atom. The molecule has 2 rings (SSSR count). The highest BCUT2D eigenvalue weighted by Gasteiger charge is 2.25. The fraction of sp³-hybridized carbons (Fsp3) is 0.556. The van der Waals surface area contributed by atoms with E-state index >= 15 is 0 Å². The highest BCUT2D eigenvalue weighted by atomic mass is 16.2. The zero-order chi connectivity index (χ0) is 16.8. The van der Waals surface area contributed by atoms with Crippen LogP contribution < -0.4 is 10.6 Å². The Labute approximate surface area is 138 Å². The number of Topliss-reactive ketones (excluding diaryl/α,β-unsaturated/α-hetero) is 1. The van der Waals surface area contributed by atoms with Crippen LogP contribution in [0.5, 0.6) is 0 Å². The zero-order valence-corrected chi connectivity index (χ0v) is 14.1. The van der Waals surface area contributed by atoms with Crippen LogP contribution in [0.1, 0.15) is 43.0 Å². The molecule has 0 bridgehead atoms. The van der Waals surface area contributed by atoms with E-state index in [1.54, 1.807) is 11.0 Å². The molecule has 1 saturated heterocycles. The van der Waals surface area contributed by atoms with Crippen LogP contribution in [0.25, 0.3) is 0 Å². The van der Waals surface area contributed by atoms with Crippen LogP contribution in [0.3, 0.4) is 0 Å². The summed E-state index contributed by atoms with van der Waals surface area (Å²) in [5.74, 6) is 0.263. The van der Waals surface area contributed by atoms with Gasteiger partial charge in [-0.25, -0.2) is 4.79 Å². The van der Waals surface area contributed by atoms with Gasteiger partial charge in [-0.05, 0) is 51.5 Å². The lowest BCUT2D eigenvalue weighted by molar-refractivity contribution is 0.0857. The van der Waals surface area contributed by atoms with E-state index < -0.39 is 6.03 Å². The number of likely N-dealkylation sites (tertiary alicyclic amines) is 1. The molecule has 0 aromatic heterocycles. The van der Waals surface area contributed by atoms with Gasteiger partial charge < -0.3 is 10.6 Å². The second-order valence-electron chi connectivity index (χ2n) is 6.34. The molecule has 0 atom stereocenters. The van der Waals surface area contributed by atoms with Crippen molar-refractivity contribution in [2.75, 3.05) is 31.6 Å². The Balaban J connectivity index is 2.14. The topological polar surface area (TPSA) is 66.6 Å². The summed E-state index contributed by atoms with van der Waals surface area (Å²) < 4.78 is 0. The number of carbonyl (C=O) groups excluding carboxylic acids is 2. The van der Waals surface area contributed by atoms with Crippen LogP contribution >= 0.6 is 0 Å². The molecule has 2 N–H and O–H groups in total. The predicted molar refractivity (Wildman–Crippen MR) is 92.8 cm³/mol. The van der Waals surface area contributed by atoms with E-state index in [-0.39, 0.29) is 11.7 Å². The van der Waals surface area contributed by atoms with Crippen LogP contribution in [-0.2, 0) is 0 Å². The maximum Gasteiger partial charge on any atom is 0.319 e. The normalized spacial score (nSPS) is 16.3. The minimum absolute atomic E-state index is 0.0825. The van der Waals surface area contributed by atoms with Gasteiger partial charge in [0, 0.05) is 23.7 Å². The first kappa shape index (κ1) is 17.5. The second-order valence-corrected chi connectivity index (χ2v) is 6.34.